The van der Waals surface area contributed by atoms with E-state index in [1.807, 2.05) is 25.2 Å². The Morgan fingerprint density at radius 3 is 2.62 bits per heavy atom. The quantitative estimate of drug-likeness (QED) is 0.852. The summed E-state index contributed by atoms with van der Waals surface area (Å²) in [7, 11) is 2.02. The number of benzene rings is 1. The van der Waals surface area contributed by atoms with Gasteiger partial charge in [0.15, 0.2) is 0 Å². The van der Waals surface area contributed by atoms with Crippen molar-refractivity contribution in [2.24, 2.45) is 0 Å². The van der Waals surface area contributed by atoms with Crippen molar-refractivity contribution in [2.75, 3.05) is 13.6 Å². The first-order valence-corrected chi connectivity index (χ1v) is 8.58. The van der Waals surface area contributed by atoms with E-state index >= 15 is 0 Å². The van der Waals surface area contributed by atoms with E-state index in [9.17, 15) is 4.79 Å². The van der Waals surface area contributed by atoms with E-state index in [0.29, 0.717) is 12.6 Å². The number of nitrogens with zero attached hydrogens (tertiary/aromatic N) is 2. The van der Waals surface area contributed by atoms with E-state index < -0.39 is 0 Å². The highest BCUT2D eigenvalue weighted by molar-refractivity contribution is 5.78. The number of nitrogens with one attached hydrogen (secondary N) is 1. The zero-order valence-electron chi connectivity index (χ0n) is 14.4. The average Bonchev–Trinajstić information content (AvgIpc) is 3.42. The molecule has 1 N–H and O–H groups in total. The monoisotopic (exact) mass is 323 g/mol. The summed E-state index contributed by atoms with van der Waals surface area (Å²) in [5.41, 5.74) is 3.34. The largest absolute Gasteiger partial charge is 0.346 e. The fourth-order valence-electron chi connectivity index (χ4n) is 2.88. The number of amides is 1. The molecule has 0 bridgehead atoms. The molecule has 1 saturated carbocycles. The summed E-state index contributed by atoms with van der Waals surface area (Å²) in [4.78, 5) is 19.0. The lowest BCUT2D eigenvalue weighted by atomic mass is 10.0. The SMILES string of the molecule is Cc1ccc(C[C@@H](NC(=O)CN(C)C2CC2)c2ccccn2)cc1. The molecule has 1 atom stereocenters. The van der Waals surface area contributed by atoms with Crippen molar-refractivity contribution in [3.05, 3.63) is 65.5 Å². The molecule has 126 valence electrons. The average molecular weight is 323 g/mol. The number of aryl methyl sites for hydroxylation is 1. The second-order valence-corrected chi connectivity index (χ2v) is 6.71. The van der Waals surface area contributed by atoms with Crippen LogP contribution >= 0.6 is 0 Å². The molecule has 0 aliphatic heterocycles. The maximum absolute atomic E-state index is 12.4. The number of hydrogen-bond acceptors (Lipinski definition) is 3. The molecule has 1 aromatic carbocycles. The molecule has 0 radical (unpaired) electrons. The molecular formula is C20H25N3O. The van der Waals surface area contributed by atoms with Gasteiger partial charge in [0.1, 0.15) is 0 Å². The lowest BCUT2D eigenvalue weighted by Gasteiger charge is -2.21. The van der Waals surface area contributed by atoms with Gasteiger partial charge in [0, 0.05) is 12.2 Å². The minimum absolute atomic E-state index is 0.0622. The van der Waals surface area contributed by atoms with Crippen LogP contribution in [0.2, 0.25) is 0 Å². The number of hydrogen-bond donors (Lipinski definition) is 1. The zero-order chi connectivity index (χ0) is 16.9. The van der Waals surface area contributed by atoms with Gasteiger partial charge in [-0.1, -0.05) is 35.9 Å². The van der Waals surface area contributed by atoms with E-state index in [2.05, 4.69) is 46.4 Å². The maximum Gasteiger partial charge on any atom is 0.234 e. The van der Waals surface area contributed by atoms with Crippen molar-refractivity contribution < 1.29 is 4.79 Å². The van der Waals surface area contributed by atoms with Crippen molar-refractivity contribution in [3.63, 3.8) is 0 Å². The fraction of sp³-hybridized carbons (Fsp3) is 0.400. The summed E-state index contributed by atoms with van der Waals surface area (Å²) in [5, 5.41) is 3.17. The van der Waals surface area contributed by atoms with Crippen LogP contribution < -0.4 is 5.32 Å². The first kappa shape index (κ1) is 16.7. The number of rotatable bonds is 7. The molecule has 0 spiro atoms. The summed E-state index contributed by atoms with van der Waals surface area (Å²) in [6, 6.07) is 14.8. The molecule has 1 aliphatic rings. The number of likely N-dealkylation sites (N-methyl/N-ethyl adjacent to an activating group) is 1. The molecule has 1 amide bonds. The van der Waals surface area contributed by atoms with Crippen LogP contribution in [0.4, 0.5) is 0 Å². The van der Waals surface area contributed by atoms with Gasteiger partial charge in [-0.15, -0.1) is 0 Å². The minimum Gasteiger partial charge on any atom is -0.346 e. The Morgan fingerprint density at radius 2 is 2.00 bits per heavy atom. The van der Waals surface area contributed by atoms with Crippen molar-refractivity contribution >= 4 is 5.91 Å². The van der Waals surface area contributed by atoms with Gasteiger partial charge in [-0.05, 0) is 50.9 Å². The second-order valence-electron chi connectivity index (χ2n) is 6.71. The predicted octanol–water partition coefficient (Wildman–Crippen LogP) is 2.88. The van der Waals surface area contributed by atoms with Crippen molar-refractivity contribution in [1.29, 1.82) is 0 Å². The van der Waals surface area contributed by atoms with Gasteiger partial charge in [0.2, 0.25) is 5.91 Å². The lowest BCUT2D eigenvalue weighted by molar-refractivity contribution is -0.122. The van der Waals surface area contributed by atoms with Crippen molar-refractivity contribution in [2.45, 2.75) is 38.3 Å². The normalized spacial score (nSPS) is 15.3. The zero-order valence-corrected chi connectivity index (χ0v) is 14.4. The van der Waals surface area contributed by atoms with Crippen LogP contribution in [-0.2, 0) is 11.2 Å². The van der Waals surface area contributed by atoms with Crippen LogP contribution in [-0.4, -0.2) is 35.4 Å². The summed E-state index contributed by atoms with van der Waals surface area (Å²) in [5.74, 6) is 0.0622. The number of carbonyl (C=O) groups excluding carboxylic acids is 1. The van der Waals surface area contributed by atoms with Gasteiger partial charge in [-0.2, -0.15) is 0 Å². The van der Waals surface area contributed by atoms with E-state index in [1.165, 1.54) is 24.0 Å². The number of pyridine rings is 1. The van der Waals surface area contributed by atoms with Crippen molar-refractivity contribution in [1.82, 2.24) is 15.2 Å². The predicted molar refractivity (Wildman–Crippen MR) is 95.7 cm³/mol. The van der Waals surface area contributed by atoms with E-state index in [0.717, 1.165) is 12.1 Å². The van der Waals surface area contributed by atoms with Crippen LogP contribution in [0.5, 0.6) is 0 Å². The van der Waals surface area contributed by atoms with Crippen LogP contribution in [0.1, 0.15) is 35.7 Å². The number of carbonyl (C=O) groups is 1. The molecule has 1 aromatic heterocycles. The van der Waals surface area contributed by atoms with Crippen LogP contribution in [0.15, 0.2) is 48.7 Å². The van der Waals surface area contributed by atoms with Crippen molar-refractivity contribution in [3.8, 4) is 0 Å². The summed E-state index contributed by atoms with van der Waals surface area (Å²) in [6.07, 6.45) is 4.93. The first-order valence-electron chi connectivity index (χ1n) is 8.58. The minimum atomic E-state index is -0.103. The van der Waals surface area contributed by atoms with E-state index in [-0.39, 0.29) is 11.9 Å². The Balaban J connectivity index is 1.69. The first-order chi connectivity index (χ1) is 11.6. The maximum atomic E-state index is 12.4. The topological polar surface area (TPSA) is 45.2 Å². The standard InChI is InChI=1S/C20H25N3O/c1-15-6-8-16(9-7-15)13-19(18-5-3-4-12-21-18)22-20(24)14-23(2)17-10-11-17/h3-9,12,17,19H,10-11,13-14H2,1-2H3,(H,22,24)/t19-/m1/s1. The third kappa shape index (κ3) is 4.65. The Morgan fingerprint density at radius 1 is 1.25 bits per heavy atom. The van der Waals surface area contributed by atoms with Gasteiger partial charge in [-0.3, -0.25) is 14.7 Å². The molecule has 1 fully saturated rings. The summed E-state index contributed by atoms with van der Waals surface area (Å²) >= 11 is 0. The molecule has 4 nitrogen and oxygen atoms in total. The fourth-order valence-corrected chi connectivity index (χ4v) is 2.88. The van der Waals surface area contributed by atoms with Gasteiger partial charge < -0.3 is 5.32 Å². The smallest absolute Gasteiger partial charge is 0.234 e. The molecule has 1 aliphatic carbocycles. The summed E-state index contributed by atoms with van der Waals surface area (Å²) in [6.45, 7) is 2.53. The Bertz CT molecular complexity index is 665. The molecule has 24 heavy (non-hydrogen) atoms. The van der Waals surface area contributed by atoms with Gasteiger partial charge in [0.25, 0.3) is 0 Å². The molecule has 3 rings (SSSR count). The molecule has 0 saturated heterocycles. The van der Waals surface area contributed by atoms with E-state index in [1.54, 1.807) is 6.20 Å². The third-order valence-electron chi connectivity index (χ3n) is 4.50. The van der Waals surface area contributed by atoms with Crippen LogP contribution in [0.25, 0.3) is 0 Å². The molecule has 2 aromatic rings. The Kier molecular flexibility index (Phi) is 5.26. The molecular weight excluding hydrogens is 298 g/mol. The highest BCUT2D eigenvalue weighted by atomic mass is 16.2. The second kappa shape index (κ2) is 7.58. The molecule has 1 heterocycles. The van der Waals surface area contributed by atoms with E-state index in [4.69, 9.17) is 0 Å². The highest BCUT2D eigenvalue weighted by Crippen LogP contribution is 2.25. The van der Waals surface area contributed by atoms with Gasteiger partial charge in [0.05, 0.1) is 18.3 Å². The van der Waals surface area contributed by atoms with Gasteiger partial charge >= 0.3 is 0 Å². The number of aromatic nitrogens is 1. The van der Waals surface area contributed by atoms with Crippen LogP contribution in [0.3, 0.4) is 0 Å². The third-order valence-corrected chi connectivity index (χ3v) is 4.50. The lowest BCUT2D eigenvalue weighted by Crippen LogP contribution is -2.39. The molecule has 0 unspecified atom stereocenters. The molecule has 4 heteroatoms. The highest BCUT2D eigenvalue weighted by Gasteiger charge is 2.28. The van der Waals surface area contributed by atoms with Crippen LogP contribution in [0, 0.1) is 6.92 Å². The Hall–Kier alpha value is -2.20. The summed E-state index contributed by atoms with van der Waals surface area (Å²) < 4.78 is 0. The Labute approximate surface area is 143 Å². The van der Waals surface area contributed by atoms with Gasteiger partial charge in [-0.25, -0.2) is 0 Å².